The largest absolute Gasteiger partial charge is 0.396 e. The highest BCUT2D eigenvalue weighted by Crippen LogP contribution is 1.91. The molecule has 3 nitrogen and oxygen atoms in total. The molecular formula is C9H18O3. The highest BCUT2D eigenvalue weighted by atomic mass is 16.5. The molecule has 12 heavy (non-hydrogen) atoms. The Morgan fingerprint density at radius 3 is 2.75 bits per heavy atom. The molecule has 0 saturated heterocycles. The lowest BCUT2D eigenvalue weighted by atomic mass is 10.3. The third-order valence-corrected chi connectivity index (χ3v) is 1.46. The van der Waals surface area contributed by atoms with Crippen LogP contribution in [0.25, 0.3) is 0 Å². The molecule has 0 aliphatic rings. The minimum atomic E-state index is -0.351. The van der Waals surface area contributed by atoms with E-state index >= 15 is 0 Å². The first kappa shape index (κ1) is 11.6. The summed E-state index contributed by atoms with van der Waals surface area (Å²) in [6, 6.07) is 0. The SMILES string of the molecule is CCC(O)COC/C=C/CCO. The van der Waals surface area contributed by atoms with Gasteiger partial charge in [0.2, 0.25) is 0 Å². The normalized spacial score (nSPS) is 13.9. The van der Waals surface area contributed by atoms with E-state index in [9.17, 15) is 0 Å². The molecule has 1 atom stereocenters. The van der Waals surface area contributed by atoms with Crippen molar-refractivity contribution in [3.63, 3.8) is 0 Å². The van der Waals surface area contributed by atoms with Crippen molar-refractivity contribution in [2.75, 3.05) is 19.8 Å². The van der Waals surface area contributed by atoms with Gasteiger partial charge in [-0.1, -0.05) is 19.1 Å². The van der Waals surface area contributed by atoms with Gasteiger partial charge in [0.25, 0.3) is 0 Å². The van der Waals surface area contributed by atoms with Gasteiger partial charge in [0, 0.05) is 6.61 Å². The van der Waals surface area contributed by atoms with Crippen molar-refractivity contribution < 1.29 is 14.9 Å². The fourth-order valence-electron chi connectivity index (χ4n) is 0.650. The van der Waals surface area contributed by atoms with Crippen LogP contribution >= 0.6 is 0 Å². The summed E-state index contributed by atoms with van der Waals surface area (Å²) in [6.07, 6.45) is 4.74. The van der Waals surface area contributed by atoms with Gasteiger partial charge in [0.15, 0.2) is 0 Å². The molecule has 0 aromatic carbocycles. The summed E-state index contributed by atoms with van der Waals surface area (Å²) in [5.41, 5.74) is 0. The Labute approximate surface area is 73.7 Å². The minimum Gasteiger partial charge on any atom is -0.396 e. The molecule has 0 bridgehead atoms. The van der Waals surface area contributed by atoms with Crippen molar-refractivity contribution in [1.82, 2.24) is 0 Å². The van der Waals surface area contributed by atoms with Crippen molar-refractivity contribution in [2.24, 2.45) is 0 Å². The van der Waals surface area contributed by atoms with Crippen LogP contribution in [0, 0.1) is 0 Å². The van der Waals surface area contributed by atoms with Gasteiger partial charge in [-0.3, -0.25) is 0 Å². The molecule has 0 aromatic heterocycles. The minimum absolute atomic E-state index is 0.175. The highest BCUT2D eigenvalue weighted by Gasteiger charge is 1.97. The van der Waals surface area contributed by atoms with Crippen LogP contribution in [-0.2, 0) is 4.74 Å². The maximum atomic E-state index is 9.07. The van der Waals surface area contributed by atoms with Gasteiger partial charge in [0.05, 0.1) is 19.3 Å². The van der Waals surface area contributed by atoms with Crippen LogP contribution in [0.15, 0.2) is 12.2 Å². The molecular weight excluding hydrogens is 156 g/mol. The van der Waals surface area contributed by atoms with Crippen LogP contribution in [0.1, 0.15) is 19.8 Å². The molecule has 0 aliphatic carbocycles. The van der Waals surface area contributed by atoms with Gasteiger partial charge >= 0.3 is 0 Å². The van der Waals surface area contributed by atoms with Gasteiger partial charge in [-0.15, -0.1) is 0 Å². The molecule has 0 aliphatic heterocycles. The molecule has 0 radical (unpaired) electrons. The molecule has 1 unspecified atom stereocenters. The van der Waals surface area contributed by atoms with Crippen molar-refractivity contribution in [3.8, 4) is 0 Å². The second-order valence-electron chi connectivity index (χ2n) is 2.58. The first-order valence-electron chi connectivity index (χ1n) is 4.33. The van der Waals surface area contributed by atoms with Crippen molar-refractivity contribution in [3.05, 3.63) is 12.2 Å². The summed E-state index contributed by atoms with van der Waals surface area (Å²) >= 11 is 0. The van der Waals surface area contributed by atoms with Crippen LogP contribution in [0.2, 0.25) is 0 Å². The Hall–Kier alpha value is -0.380. The van der Waals surface area contributed by atoms with Crippen LogP contribution < -0.4 is 0 Å². The van der Waals surface area contributed by atoms with Gasteiger partial charge in [0.1, 0.15) is 0 Å². The van der Waals surface area contributed by atoms with E-state index < -0.39 is 0 Å². The smallest absolute Gasteiger partial charge is 0.0771 e. The first-order valence-corrected chi connectivity index (χ1v) is 4.33. The monoisotopic (exact) mass is 174 g/mol. The summed E-state index contributed by atoms with van der Waals surface area (Å²) in [4.78, 5) is 0. The predicted octanol–water partition coefficient (Wildman–Crippen LogP) is 0.712. The Bertz CT molecular complexity index is 112. The zero-order valence-electron chi connectivity index (χ0n) is 7.57. The molecule has 0 amide bonds. The Kier molecular flexibility index (Phi) is 8.44. The molecule has 0 heterocycles. The topological polar surface area (TPSA) is 49.7 Å². The van der Waals surface area contributed by atoms with E-state index in [2.05, 4.69) is 0 Å². The molecule has 2 N–H and O–H groups in total. The third kappa shape index (κ3) is 7.72. The lowest BCUT2D eigenvalue weighted by Gasteiger charge is -2.05. The van der Waals surface area contributed by atoms with E-state index in [0.717, 1.165) is 6.42 Å². The second-order valence-corrected chi connectivity index (χ2v) is 2.58. The summed E-state index contributed by atoms with van der Waals surface area (Å²) in [6.45, 7) is 2.99. The molecule has 0 aromatic rings. The predicted molar refractivity (Wildman–Crippen MR) is 48.0 cm³/mol. The second kappa shape index (κ2) is 8.71. The third-order valence-electron chi connectivity index (χ3n) is 1.46. The van der Waals surface area contributed by atoms with Crippen LogP contribution in [0.5, 0.6) is 0 Å². The quantitative estimate of drug-likeness (QED) is 0.441. The highest BCUT2D eigenvalue weighted by molar-refractivity contribution is 4.80. The number of ether oxygens (including phenoxy) is 1. The van der Waals surface area contributed by atoms with E-state index in [0.29, 0.717) is 19.6 Å². The summed E-state index contributed by atoms with van der Waals surface area (Å²) in [5, 5.41) is 17.5. The fraction of sp³-hybridized carbons (Fsp3) is 0.778. The summed E-state index contributed by atoms with van der Waals surface area (Å²) in [5.74, 6) is 0. The maximum absolute atomic E-state index is 9.07. The number of hydrogen-bond acceptors (Lipinski definition) is 3. The standard InChI is InChI=1S/C9H18O3/c1-2-9(11)8-12-7-5-3-4-6-10/h3,5,9-11H,2,4,6-8H2,1H3/b5-3+. The number of rotatable bonds is 7. The Morgan fingerprint density at radius 2 is 2.17 bits per heavy atom. The van der Waals surface area contributed by atoms with E-state index in [4.69, 9.17) is 14.9 Å². The molecule has 0 saturated carbocycles. The van der Waals surface area contributed by atoms with E-state index in [1.165, 1.54) is 0 Å². The van der Waals surface area contributed by atoms with Crippen LogP contribution in [0.4, 0.5) is 0 Å². The van der Waals surface area contributed by atoms with Crippen molar-refractivity contribution in [2.45, 2.75) is 25.9 Å². The zero-order chi connectivity index (χ0) is 9.23. The van der Waals surface area contributed by atoms with E-state index in [1.54, 1.807) is 0 Å². The molecule has 0 spiro atoms. The van der Waals surface area contributed by atoms with Gasteiger partial charge in [-0.05, 0) is 12.8 Å². The lowest BCUT2D eigenvalue weighted by Crippen LogP contribution is -2.13. The number of hydrogen-bond donors (Lipinski definition) is 2. The average molecular weight is 174 g/mol. The lowest BCUT2D eigenvalue weighted by molar-refractivity contribution is 0.0473. The number of aliphatic hydroxyl groups excluding tert-OH is 2. The first-order chi connectivity index (χ1) is 5.81. The van der Waals surface area contributed by atoms with Crippen LogP contribution in [-0.4, -0.2) is 36.1 Å². The van der Waals surface area contributed by atoms with E-state index in [-0.39, 0.29) is 12.7 Å². The summed E-state index contributed by atoms with van der Waals surface area (Å²) < 4.78 is 5.11. The molecule has 72 valence electrons. The molecule has 0 rings (SSSR count). The van der Waals surface area contributed by atoms with Crippen molar-refractivity contribution >= 4 is 0 Å². The fourth-order valence-corrected chi connectivity index (χ4v) is 0.650. The van der Waals surface area contributed by atoms with Gasteiger partial charge < -0.3 is 14.9 Å². The Balaban J connectivity index is 3.09. The average Bonchev–Trinajstić information content (AvgIpc) is 2.10. The maximum Gasteiger partial charge on any atom is 0.0771 e. The van der Waals surface area contributed by atoms with Crippen LogP contribution in [0.3, 0.4) is 0 Å². The van der Waals surface area contributed by atoms with Crippen molar-refractivity contribution in [1.29, 1.82) is 0 Å². The number of aliphatic hydroxyl groups is 2. The Morgan fingerprint density at radius 1 is 1.42 bits per heavy atom. The molecule has 0 fully saturated rings. The van der Waals surface area contributed by atoms with Gasteiger partial charge in [-0.25, -0.2) is 0 Å². The summed E-state index contributed by atoms with van der Waals surface area (Å²) in [7, 11) is 0. The zero-order valence-corrected chi connectivity index (χ0v) is 7.57. The molecule has 3 heteroatoms. The van der Waals surface area contributed by atoms with Gasteiger partial charge in [-0.2, -0.15) is 0 Å². The van der Waals surface area contributed by atoms with E-state index in [1.807, 2.05) is 19.1 Å².